The first kappa shape index (κ1) is 33.0. The Morgan fingerprint density at radius 1 is 0.268 bits per heavy atom. The van der Waals surface area contributed by atoms with Gasteiger partial charge in [0.2, 0.25) is 0 Å². The Bertz CT molecular complexity index is 2780. The van der Waals surface area contributed by atoms with Gasteiger partial charge in [-0.15, -0.1) is 0 Å². The van der Waals surface area contributed by atoms with Gasteiger partial charge in [-0.05, 0) is 102 Å². The van der Waals surface area contributed by atoms with Crippen molar-refractivity contribution in [3.63, 3.8) is 0 Å². The summed E-state index contributed by atoms with van der Waals surface area (Å²) >= 11 is 0. The summed E-state index contributed by atoms with van der Waals surface area (Å²) in [6, 6.07) is 79.0. The maximum Gasteiger partial charge on any atom is 0.159 e. The van der Waals surface area contributed by atoms with E-state index in [1.165, 1.54) is 0 Å². The van der Waals surface area contributed by atoms with E-state index in [0.29, 0.717) is 0 Å². The lowest BCUT2D eigenvalue weighted by atomic mass is 10.0. The molecule has 0 aliphatic rings. The van der Waals surface area contributed by atoms with Gasteiger partial charge in [-0.25, -0.2) is 0 Å². The fourth-order valence-corrected chi connectivity index (χ4v) is 7.91. The highest BCUT2D eigenvalue weighted by Crippen LogP contribution is 2.49. The molecule has 0 spiro atoms. The van der Waals surface area contributed by atoms with Gasteiger partial charge < -0.3 is 19.1 Å². The summed E-state index contributed by atoms with van der Waals surface area (Å²) < 4.78 is 7.27. The standard InChI is InChI=1S/C52H37N3O/c1-7-20-39(21-8-1)53(40-22-9-2-10-23-40)45-36-38-34-35-47-46-32-19-33-48(54(41-24-11-3-12-25-41)42-26-13-4-14-27-42)51(46)56-52(47)50(38)49(37-45)55(43-28-15-5-16-29-43)44-30-17-6-18-31-44/h1-37H. The molecule has 56 heavy (non-hydrogen) atoms. The second-order valence-corrected chi connectivity index (χ2v) is 13.8. The Balaban J connectivity index is 1.30. The molecule has 0 amide bonds. The molecule has 1 aromatic heterocycles. The van der Waals surface area contributed by atoms with E-state index in [9.17, 15) is 0 Å². The first-order valence-corrected chi connectivity index (χ1v) is 18.9. The van der Waals surface area contributed by atoms with Crippen molar-refractivity contribution in [1.29, 1.82) is 0 Å². The minimum atomic E-state index is 0.832. The third-order valence-electron chi connectivity index (χ3n) is 10.3. The molecule has 0 saturated carbocycles. The first-order valence-electron chi connectivity index (χ1n) is 18.9. The van der Waals surface area contributed by atoms with Crippen LogP contribution in [-0.2, 0) is 0 Å². The number of para-hydroxylation sites is 7. The zero-order chi connectivity index (χ0) is 37.3. The van der Waals surface area contributed by atoms with Gasteiger partial charge in [0.05, 0.1) is 11.4 Å². The zero-order valence-electron chi connectivity index (χ0n) is 30.6. The molecule has 0 fully saturated rings. The topological polar surface area (TPSA) is 22.9 Å². The maximum atomic E-state index is 7.27. The van der Waals surface area contributed by atoms with Gasteiger partial charge in [0.25, 0.3) is 0 Å². The molecule has 10 rings (SSSR count). The maximum absolute atomic E-state index is 7.27. The average Bonchev–Trinajstić information content (AvgIpc) is 3.66. The molecule has 0 N–H and O–H groups in total. The van der Waals surface area contributed by atoms with Gasteiger partial charge in [-0.3, -0.25) is 0 Å². The molecule has 0 unspecified atom stereocenters. The molecule has 0 saturated heterocycles. The second kappa shape index (κ2) is 14.3. The van der Waals surface area contributed by atoms with E-state index >= 15 is 0 Å². The van der Waals surface area contributed by atoms with Crippen LogP contribution in [0.15, 0.2) is 229 Å². The molecule has 1 heterocycles. The third kappa shape index (κ3) is 5.90. The fraction of sp³-hybridized carbons (Fsp3) is 0. The van der Waals surface area contributed by atoms with Gasteiger partial charge >= 0.3 is 0 Å². The second-order valence-electron chi connectivity index (χ2n) is 13.8. The average molecular weight is 720 g/mol. The number of nitrogens with zero attached hydrogens (tertiary/aromatic N) is 3. The molecule has 266 valence electrons. The fourth-order valence-electron chi connectivity index (χ4n) is 7.91. The number of hydrogen-bond acceptors (Lipinski definition) is 4. The van der Waals surface area contributed by atoms with Crippen molar-refractivity contribution in [1.82, 2.24) is 0 Å². The third-order valence-corrected chi connectivity index (χ3v) is 10.3. The number of rotatable bonds is 9. The summed E-state index contributed by atoms with van der Waals surface area (Å²) in [6.45, 7) is 0. The highest BCUT2D eigenvalue weighted by Gasteiger charge is 2.25. The summed E-state index contributed by atoms with van der Waals surface area (Å²) in [6.07, 6.45) is 0. The quantitative estimate of drug-likeness (QED) is 0.148. The Labute approximate surface area is 326 Å². The Hall–Kier alpha value is -7.56. The smallest absolute Gasteiger partial charge is 0.159 e. The van der Waals surface area contributed by atoms with Crippen LogP contribution in [0.1, 0.15) is 0 Å². The monoisotopic (exact) mass is 719 g/mol. The summed E-state index contributed by atoms with van der Waals surface area (Å²) in [5.74, 6) is 0. The van der Waals surface area contributed by atoms with Crippen LogP contribution in [0.5, 0.6) is 0 Å². The summed E-state index contributed by atoms with van der Waals surface area (Å²) in [5, 5.41) is 4.23. The van der Waals surface area contributed by atoms with Crippen molar-refractivity contribution in [3.8, 4) is 0 Å². The van der Waals surface area contributed by atoms with E-state index in [1.807, 2.05) is 0 Å². The van der Waals surface area contributed by atoms with Crippen molar-refractivity contribution in [3.05, 3.63) is 224 Å². The van der Waals surface area contributed by atoms with Crippen LogP contribution in [-0.4, -0.2) is 0 Å². The van der Waals surface area contributed by atoms with E-state index in [2.05, 4.69) is 239 Å². The van der Waals surface area contributed by atoms with Crippen LogP contribution in [0, 0.1) is 0 Å². The number of fused-ring (bicyclic) bond motifs is 5. The summed E-state index contributed by atoms with van der Waals surface area (Å²) in [7, 11) is 0. The SMILES string of the molecule is c1ccc(N(c2ccccc2)c2cc(N(c3ccccc3)c3ccccc3)c3c(ccc4c5cccc(N(c6ccccc6)c6ccccc6)c5oc43)c2)cc1. The molecular formula is C52H37N3O. The van der Waals surface area contributed by atoms with E-state index in [4.69, 9.17) is 4.42 Å². The van der Waals surface area contributed by atoms with Crippen LogP contribution >= 0.6 is 0 Å². The van der Waals surface area contributed by atoms with E-state index < -0.39 is 0 Å². The molecule has 0 radical (unpaired) electrons. The largest absolute Gasteiger partial charge is 0.453 e. The Kier molecular flexibility index (Phi) is 8.47. The zero-order valence-corrected chi connectivity index (χ0v) is 30.6. The van der Waals surface area contributed by atoms with Crippen LogP contribution in [0.2, 0.25) is 0 Å². The lowest BCUT2D eigenvalue weighted by Gasteiger charge is -2.30. The van der Waals surface area contributed by atoms with E-state index in [0.717, 1.165) is 83.9 Å². The first-order chi connectivity index (χ1) is 27.8. The predicted molar refractivity (Wildman–Crippen MR) is 235 cm³/mol. The highest BCUT2D eigenvalue weighted by atomic mass is 16.3. The number of hydrogen-bond donors (Lipinski definition) is 0. The minimum absolute atomic E-state index is 0.832. The van der Waals surface area contributed by atoms with Gasteiger partial charge in [0.15, 0.2) is 5.58 Å². The number of furan rings is 1. The molecule has 0 atom stereocenters. The summed E-state index contributed by atoms with van der Waals surface area (Å²) in [5.41, 5.74) is 11.1. The normalized spacial score (nSPS) is 11.2. The van der Waals surface area contributed by atoms with Crippen LogP contribution in [0.4, 0.5) is 51.2 Å². The molecular weight excluding hydrogens is 683 g/mol. The van der Waals surface area contributed by atoms with E-state index in [-0.39, 0.29) is 0 Å². The lowest BCUT2D eigenvalue weighted by molar-refractivity contribution is 0.673. The molecule has 0 bridgehead atoms. The van der Waals surface area contributed by atoms with Crippen molar-refractivity contribution in [2.75, 3.05) is 14.7 Å². The van der Waals surface area contributed by atoms with Gasteiger partial charge in [-0.2, -0.15) is 0 Å². The van der Waals surface area contributed by atoms with Crippen LogP contribution in [0.25, 0.3) is 32.7 Å². The lowest BCUT2D eigenvalue weighted by Crippen LogP contribution is -2.13. The summed E-state index contributed by atoms with van der Waals surface area (Å²) in [4.78, 5) is 6.97. The number of anilines is 9. The number of benzene rings is 9. The van der Waals surface area contributed by atoms with Gasteiger partial charge in [0, 0.05) is 56.0 Å². The molecule has 4 heteroatoms. The Morgan fingerprint density at radius 3 is 1.11 bits per heavy atom. The minimum Gasteiger partial charge on any atom is -0.453 e. The van der Waals surface area contributed by atoms with Gasteiger partial charge in [-0.1, -0.05) is 127 Å². The molecule has 10 aromatic rings. The van der Waals surface area contributed by atoms with Gasteiger partial charge in [0.1, 0.15) is 5.58 Å². The molecule has 0 aliphatic carbocycles. The molecule has 4 nitrogen and oxygen atoms in total. The highest BCUT2D eigenvalue weighted by molar-refractivity contribution is 6.22. The Morgan fingerprint density at radius 2 is 0.661 bits per heavy atom. The van der Waals surface area contributed by atoms with Crippen molar-refractivity contribution in [2.45, 2.75) is 0 Å². The molecule has 9 aromatic carbocycles. The van der Waals surface area contributed by atoms with Crippen LogP contribution in [0.3, 0.4) is 0 Å². The van der Waals surface area contributed by atoms with Crippen LogP contribution < -0.4 is 14.7 Å². The van der Waals surface area contributed by atoms with Crippen molar-refractivity contribution < 1.29 is 4.42 Å². The van der Waals surface area contributed by atoms with Crippen molar-refractivity contribution >= 4 is 83.9 Å². The molecule has 0 aliphatic heterocycles. The van der Waals surface area contributed by atoms with Crippen molar-refractivity contribution in [2.24, 2.45) is 0 Å². The van der Waals surface area contributed by atoms with E-state index in [1.54, 1.807) is 0 Å². The predicted octanol–water partition coefficient (Wildman–Crippen LogP) is 15.1.